The summed E-state index contributed by atoms with van der Waals surface area (Å²) in [6.45, 7) is 0. The van der Waals surface area contributed by atoms with Crippen LogP contribution in [0.5, 0.6) is 0 Å². The van der Waals surface area contributed by atoms with Gasteiger partial charge in [-0.25, -0.2) is 8.78 Å². The van der Waals surface area contributed by atoms with Crippen LogP contribution in [-0.4, -0.2) is 11.7 Å². The van der Waals surface area contributed by atoms with Gasteiger partial charge in [0.25, 0.3) is 5.92 Å². The zero-order valence-corrected chi connectivity index (χ0v) is 8.06. The highest BCUT2D eigenvalue weighted by Gasteiger charge is 2.82. The molecule has 3 saturated carbocycles. The van der Waals surface area contributed by atoms with E-state index in [2.05, 4.69) is 0 Å². The highest BCUT2D eigenvalue weighted by molar-refractivity contribution is 5.79. The van der Waals surface area contributed by atoms with Gasteiger partial charge in [0.2, 0.25) is 0 Å². The van der Waals surface area contributed by atoms with Crippen molar-refractivity contribution in [2.24, 2.45) is 17.3 Å². The zero-order chi connectivity index (χ0) is 9.97. The molecule has 3 rings (SSSR count). The van der Waals surface area contributed by atoms with Crippen molar-refractivity contribution in [3.8, 4) is 0 Å². The van der Waals surface area contributed by atoms with Crippen molar-refractivity contribution >= 4 is 5.78 Å². The zero-order valence-electron chi connectivity index (χ0n) is 8.06. The summed E-state index contributed by atoms with van der Waals surface area (Å²) < 4.78 is 27.3. The molecule has 1 atom stereocenters. The van der Waals surface area contributed by atoms with Gasteiger partial charge in [-0.15, -0.1) is 0 Å². The lowest BCUT2D eigenvalue weighted by Crippen LogP contribution is -2.20. The van der Waals surface area contributed by atoms with E-state index in [0.29, 0.717) is 25.7 Å². The first-order chi connectivity index (χ1) is 6.58. The van der Waals surface area contributed by atoms with Crippen LogP contribution in [0.1, 0.15) is 38.5 Å². The van der Waals surface area contributed by atoms with Crippen LogP contribution >= 0.6 is 0 Å². The van der Waals surface area contributed by atoms with Crippen molar-refractivity contribution in [1.29, 1.82) is 0 Å². The van der Waals surface area contributed by atoms with E-state index in [0.717, 1.165) is 12.8 Å². The lowest BCUT2D eigenvalue weighted by atomic mass is 9.82. The number of halogens is 2. The van der Waals surface area contributed by atoms with E-state index in [9.17, 15) is 13.6 Å². The quantitative estimate of drug-likeness (QED) is 0.636. The average Bonchev–Trinajstić information content (AvgIpc) is 2.98. The Balaban J connectivity index is 1.81. The largest absolute Gasteiger partial charge is 0.300 e. The lowest BCUT2D eigenvalue weighted by molar-refractivity contribution is -0.122. The first kappa shape index (κ1) is 8.81. The van der Waals surface area contributed by atoms with Gasteiger partial charge in [-0.05, 0) is 31.6 Å². The number of rotatable bonds is 1. The molecule has 0 aromatic heterocycles. The molecular formula is C11H14F2O. The van der Waals surface area contributed by atoms with Gasteiger partial charge in [-0.1, -0.05) is 0 Å². The van der Waals surface area contributed by atoms with E-state index in [-0.39, 0.29) is 17.6 Å². The van der Waals surface area contributed by atoms with E-state index in [1.54, 1.807) is 0 Å². The van der Waals surface area contributed by atoms with Gasteiger partial charge in [0.05, 0.1) is 0 Å². The average molecular weight is 200 g/mol. The minimum absolute atomic E-state index is 0.174. The van der Waals surface area contributed by atoms with Gasteiger partial charge >= 0.3 is 0 Å². The van der Waals surface area contributed by atoms with Crippen molar-refractivity contribution in [3.05, 3.63) is 0 Å². The van der Waals surface area contributed by atoms with Crippen molar-refractivity contribution in [3.63, 3.8) is 0 Å². The van der Waals surface area contributed by atoms with Crippen molar-refractivity contribution in [1.82, 2.24) is 0 Å². The standard InChI is InChI=1S/C11H14F2O/c12-11(13)9(7-1-2-7)10(11)5-3-8(14)4-6-10/h7,9H,1-6H2. The van der Waals surface area contributed by atoms with Gasteiger partial charge in [0.15, 0.2) is 0 Å². The van der Waals surface area contributed by atoms with Crippen LogP contribution in [-0.2, 0) is 4.79 Å². The molecule has 14 heavy (non-hydrogen) atoms. The van der Waals surface area contributed by atoms with Gasteiger partial charge in [0.1, 0.15) is 5.78 Å². The van der Waals surface area contributed by atoms with Crippen LogP contribution in [0.25, 0.3) is 0 Å². The normalized spacial score (nSPS) is 38.7. The minimum atomic E-state index is -2.45. The third-order valence-electron chi connectivity index (χ3n) is 4.36. The Morgan fingerprint density at radius 3 is 2.21 bits per heavy atom. The maximum absolute atomic E-state index is 13.6. The Morgan fingerprint density at radius 1 is 1.14 bits per heavy atom. The highest BCUT2D eigenvalue weighted by atomic mass is 19.3. The number of hydrogen-bond donors (Lipinski definition) is 0. The molecule has 1 spiro atoms. The molecule has 3 heteroatoms. The molecule has 1 nitrogen and oxygen atoms in total. The van der Waals surface area contributed by atoms with Crippen molar-refractivity contribution < 1.29 is 13.6 Å². The van der Waals surface area contributed by atoms with Gasteiger partial charge in [-0.2, -0.15) is 0 Å². The van der Waals surface area contributed by atoms with Gasteiger partial charge in [-0.3, -0.25) is 4.79 Å². The summed E-state index contributed by atoms with van der Waals surface area (Å²) in [6, 6.07) is 0. The maximum atomic E-state index is 13.6. The Labute approximate surface area is 81.9 Å². The van der Waals surface area contributed by atoms with Crippen LogP contribution in [0.4, 0.5) is 8.78 Å². The smallest absolute Gasteiger partial charge is 0.257 e. The molecule has 3 aliphatic rings. The van der Waals surface area contributed by atoms with Crippen LogP contribution < -0.4 is 0 Å². The number of ketones is 1. The minimum Gasteiger partial charge on any atom is -0.300 e. The number of carbonyl (C=O) groups excluding carboxylic acids is 1. The maximum Gasteiger partial charge on any atom is 0.257 e. The number of Topliss-reactive ketones (excluding diaryl/α,β-unsaturated/α-hetero) is 1. The molecule has 78 valence electrons. The molecule has 1 unspecified atom stereocenters. The second-order valence-corrected chi connectivity index (χ2v) is 5.13. The lowest BCUT2D eigenvalue weighted by Gasteiger charge is -2.21. The Bertz CT molecular complexity index is 284. The number of carbonyl (C=O) groups is 1. The third kappa shape index (κ3) is 0.908. The highest BCUT2D eigenvalue weighted by Crippen LogP contribution is 2.77. The summed E-state index contributed by atoms with van der Waals surface area (Å²) in [7, 11) is 0. The van der Waals surface area contributed by atoms with Crippen LogP contribution in [0.2, 0.25) is 0 Å². The third-order valence-corrected chi connectivity index (χ3v) is 4.36. The molecule has 0 N–H and O–H groups in total. The van der Waals surface area contributed by atoms with E-state index in [1.165, 1.54) is 0 Å². The topological polar surface area (TPSA) is 17.1 Å². The molecule has 0 radical (unpaired) electrons. The van der Waals surface area contributed by atoms with E-state index < -0.39 is 11.3 Å². The second-order valence-electron chi connectivity index (χ2n) is 5.13. The van der Waals surface area contributed by atoms with Gasteiger partial charge in [0, 0.05) is 24.2 Å². The molecule has 0 amide bonds. The number of alkyl halides is 2. The van der Waals surface area contributed by atoms with Crippen LogP contribution in [0.3, 0.4) is 0 Å². The predicted octanol–water partition coefficient (Wildman–Crippen LogP) is 2.79. The molecular weight excluding hydrogens is 186 g/mol. The monoisotopic (exact) mass is 200 g/mol. The molecule has 0 saturated heterocycles. The Morgan fingerprint density at radius 2 is 1.71 bits per heavy atom. The SMILES string of the molecule is O=C1CCC2(CC1)C(C1CC1)C2(F)F. The van der Waals surface area contributed by atoms with Gasteiger partial charge < -0.3 is 0 Å². The fourth-order valence-corrected chi connectivity index (χ4v) is 3.34. The van der Waals surface area contributed by atoms with Crippen LogP contribution in [0, 0.1) is 17.3 Å². The van der Waals surface area contributed by atoms with Crippen molar-refractivity contribution in [2.45, 2.75) is 44.4 Å². The molecule has 0 heterocycles. The molecule has 3 fully saturated rings. The number of hydrogen-bond acceptors (Lipinski definition) is 1. The fraction of sp³-hybridized carbons (Fsp3) is 0.909. The Hall–Kier alpha value is -0.470. The second kappa shape index (κ2) is 2.37. The molecule has 0 bridgehead atoms. The summed E-state index contributed by atoms with van der Waals surface area (Å²) in [5.74, 6) is -2.37. The molecule has 3 aliphatic carbocycles. The Kier molecular flexibility index (Phi) is 1.49. The molecule has 0 aromatic rings. The fourth-order valence-electron chi connectivity index (χ4n) is 3.34. The van der Waals surface area contributed by atoms with Crippen LogP contribution in [0.15, 0.2) is 0 Å². The van der Waals surface area contributed by atoms with E-state index >= 15 is 0 Å². The summed E-state index contributed by atoms with van der Waals surface area (Å²) >= 11 is 0. The summed E-state index contributed by atoms with van der Waals surface area (Å²) in [5, 5.41) is 0. The van der Waals surface area contributed by atoms with Crippen molar-refractivity contribution in [2.75, 3.05) is 0 Å². The first-order valence-electron chi connectivity index (χ1n) is 5.47. The first-order valence-corrected chi connectivity index (χ1v) is 5.47. The molecule has 0 aromatic carbocycles. The summed E-state index contributed by atoms with van der Waals surface area (Å²) in [4.78, 5) is 11.0. The van der Waals surface area contributed by atoms with E-state index in [4.69, 9.17) is 0 Å². The summed E-state index contributed by atoms with van der Waals surface area (Å²) in [5.41, 5.74) is -0.748. The summed E-state index contributed by atoms with van der Waals surface area (Å²) in [6.07, 6.45) is 3.63. The van der Waals surface area contributed by atoms with E-state index in [1.807, 2.05) is 0 Å². The predicted molar refractivity (Wildman–Crippen MR) is 47.1 cm³/mol. The molecule has 0 aliphatic heterocycles.